The number of sulfonamides is 1. The number of aliphatic imine (C=N–C) groups is 1. The van der Waals surface area contributed by atoms with Gasteiger partial charge in [0.1, 0.15) is 0 Å². The van der Waals surface area contributed by atoms with Gasteiger partial charge in [0.25, 0.3) is 0 Å². The molecule has 0 aromatic carbocycles. The SMILES string of the molecule is CC(C)N1CN=C(NS(C)(=O)=O)NC1. The highest BCUT2D eigenvalue weighted by Gasteiger charge is 2.15. The standard InChI is InChI=1S/C7H16N4O2S/c1-6(2)11-4-8-7(9-5-11)10-14(3,12)13/h6H,4-5H2,1-3H3,(H2,8,9,10). The third-order valence-electron chi connectivity index (χ3n) is 1.87. The van der Waals surface area contributed by atoms with Crippen LogP contribution in [0.1, 0.15) is 13.8 Å². The topological polar surface area (TPSA) is 73.8 Å². The Hall–Kier alpha value is -0.820. The van der Waals surface area contributed by atoms with E-state index >= 15 is 0 Å². The molecule has 14 heavy (non-hydrogen) atoms. The van der Waals surface area contributed by atoms with E-state index in [9.17, 15) is 8.42 Å². The third kappa shape index (κ3) is 3.51. The largest absolute Gasteiger partial charge is 0.343 e. The summed E-state index contributed by atoms with van der Waals surface area (Å²) in [5, 5.41) is 2.89. The lowest BCUT2D eigenvalue weighted by Gasteiger charge is -2.29. The first-order chi connectivity index (χ1) is 6.38. The van der Waals surface area contributed by atoms with Crippen molar-refractivity contribution in [2.24, 2.45) is 4.99 Å². The minimum Gasteiger partial charge on any atom is -0.343 e. The van der Waals surface area contributed by atoms with Crippen LogP contribution in [-0.4, -0.2) is 44.9 Å². The van der Waals surface area contributed by atoms with Crippen LogP contribution in [0.3, 0.4) is 0 Å². The second-order valence-electron chi connectivity index (χ2n) is 3.54. The van der Waals surface area contributed by atoms with E-state index in [-0.39, 0.29) is 0 Å². The van der Waals surface area contributed by atoms with Crippen molar-refractivity contribution in [1.82, 2.24) is 14.9 Å². The van der Waals surface area contributed by atoms with Gasteiger partial charge in [-0.3, -0.25) is 9.62 Å². The zero-order valence-electron chi connectivity index (χ0n) is 8.61. The fourth-order valence-electron chi connectivity index (χ4n) is 1.03. The summed E-state index contributed by atoms with van der Waals surface area (Å²) in [6, 6.07) is 0.394. The van der Waals surface area contributed by atoms with Crippen molar-refractivity contribution >= 4 is 16.0 Å². The summed E-state index contributed by atoms with van der Waals surface area (Å²) in [5.41, 5.74) is 0. The van der Waals surface area contributed by atoms with Gasteiger partial charge in [0, 0.05) is 6.04 Å². The summed E-state index contributed by atoms with van der Waals surface area (Å²) >= 11 is 0. The normalized spacial score (nSPS) is 19.0. The summed E-state index contributed by atoms with van der Waals surface area (Å²) in [6.45, 7) is 5.25. The fourth-order valence-corrected chi connectivity index (χ4v) is 1.52. The van der Waals surface area contributed by atoms with Crippen molar-refractivity contribution < 1.29 is 8.42 Å². The minimum atomic E-state index is -3.22. The Labute approximate surface area is 84.4 Å². The summed E-state index contributed by atoms with van der Waals surface area (Å²) in [7, 11) is -3.22. The molecule has 0 saturated heterocycles. The van der Waals surface area contributed by atoms with Gasteiger partial charge in [0.05, 0.1) is 19.6 Å². The van der Waals surface area contributed by atoms with Crippen molar-refractivity contribution in [3.05, 3.63) is 0 Å². The van der Waals surface area contributed by atoms with Gasteiger partial charge in [-0.15, -0.1) is 0 Å². The number of hydrogen-bond acceptors (Lipinski definition) is 5. The molecule has 82 valence electrons. The Balaban J connectivity index is 2.54. The predicted molar refractivity (Wildman–Crippen MR) is 55.3 cm³/mol. The van der Waals surface area contributed by atoms with Crippen molar-refractivity contribution in [2.45, 2.75) is 19.9 Å². The summed E-state index contributed by atoms with van der Waals surface area (Å²) in [4.78, 5) is 6.14. The molecule has 0 saturated carbocycles. The molecule has 0 unspecified atom stereocenters. The maximum atomic E-state index is 10.9. The molecular weight excluding hydrogens is 204 g/mol. The molecule has 0 radical (unpaired) electrons. The zero-order valence-corrected chi connectivity index (χ0v) is 9.43. The first-order valence-electron chi connectivity index (χ1n) is 4.38. The van der Waals surface area contributed by atoms with Gasteiger partial charge in [-0.05, 0) is 13.8 Å². The number of nitrogens with one attached hydrogen (secondary N) is 2. The minimum absolute atomic E-state index is 0.324. The lowest BCUT2D eigenvalue weighted by molar-refractivity contribution is 0.213. The van der Waals surface area contributed by atoms with Crippen molar-refractivity contribution in [1.29, 1.82) is 0 Å². The van der Waals surface area contributed by atoms with E-state index in [1.54, 1.807) is 0 Å². The Morgan fingerprint density at radius 2 is 2.21 bits per heavy atom. The summed E-state index contributed by atoms with van der Waals surface area (Å²) < 4.78 is 24.0. The van der Waals surface area contributed by atoms with E-state index in [1.807, 2.05) is 0 Å². The van der Waals surface area contributed by atoms with Crippen LogP contribution in [-0.2, 0) is 10.0 Å². The van der Waals surface area contributed by atoms with Crippen LogP contribution in [0.4, 0.5) is 0 Å². The smallest absolute Gasteiger partial charge is 0.232 e. The van der Waals surface area contributed by atoms with Crippen LogP contribution in [0.2, 0.25) is 0 Å². The Bertz CT molecular complexity index is 323. The first-order valence-corrected chi connectivity index (χ1v) is 6.28. The van der Waals surface area contributed by atoms with Crippen molar-refractivity contribution in [3.8, 4) is 0 Å². The van der Waals surface area contributed by atoms with Crippen LogP contribution >= 0.6 is 0 Å². The number of nitrogens with zero attached hydrogens (tertiary/aromatic N) is 2. The molecule has 0 spiro atoms. The molecule has 1 heterocycles. The summed E-state index contributed by atoms with van der Waals surface area (Å²) in [5.74, 6) is 0.324. The number of guanidine groups is 1. The third-order valence-corrected chi connectivity index (χ3v) is 2.44. The lowest BCUT2D eigenvalue weighted by Crippen LogP contribution is -2.51. The second-order valence-corrected chi connectivity index (χ2v) is 5.29. The second kappa shape index (κ2) is 4.14. The van der Waals surface area contributed by atoms with Crippen molar-refractivity contribution in [2.75, 3.05) is 19.6 Å². The van der Waals surface area contributed by atoms with Gasteiger partial charge in [-0.1, -0.05) is 0 Å². The molecule has 0 atom stereocenters. The van der Waals surface area contributed by atoms with Crippen LogP contribution in [0.5, 0.6) is 0 Å². The van der Waals surface area contributed by atoms with Gasteiger partial charge < -0.3 is 5.32 Å². The van der Waals surface area contributed by atoms with E-state index in [0.717, 1.165) is 6.26 Å². The highest BCUT2D eigenvalue weighted by atomic mass is 32.2. The molecule has 7 heteroatoms. The maximum Gasteiger partial charge on any atom is 0.232 e. The van der Waals surface area contributed by atoms with Crippen LogP contribution in [0.25, 0.3) is 0 Å². The Kier molecular flexibility index (Phi) is 3.33. The molecule has 2 N–H and O–H groups in total. The van der Waals surface area contributed by atoms with E-state index < -0.39 is 10.0 Å². The van der Waals surface area contributed by atoms with Crippen LogP contribution in [0.15, 0.2) is 4.99 Å². The fraction of sp³-hybridized carbons (Fsp3) is 0.857. The van der Waals surface area contributed by atoms with Gasteiger partial charge in [-0.25, -0.2) is 13.4 Å². The molecule has 1 aliphatic heterocycles. The molecule has 0 aromatic rings. The molecule has 6 nitrogen and oxygen atoms in total. The van der Waals surface area contributed by atoms with E-state index in [4.69, 9.17) is 0 Å². The molecular formula is C7H16N4O2S. The zero-order chi connectivity index (χ0) is 10.8. The van der Waals surface area contributed by atoms with Gasteiger partial charge in [0.2, 0.25) is 16.0 Å². The summed E-state index contributed by atoms with van der Waals surface area (Å²) in [6.07, 6.45) is 1.10. The monoisotopic (exact) mass is 220 g/mol. The number of hydrogen-bond donors (Lipinski definition) is 2. The van der Waals surface area contributed by atoms with Gasteiger partial charge >= 0.3 is 0 Å². The quantitative estimate of drug-likeness (QED) is 0.634. The highest BCUT2D eigenvalue weighted by Crippen LogP contribution is 1.99. The molecule has 0 bridgehead atoms. The molecule has 0 aliphatic carbocycles. The van der Waals surface area contributed by atoms with Crippen molar-refractivity contribution in [3.63, 3.8) is 0 Å². The van der Waals surface area contributed by atoms with E-state index in [2.05, 4.69) is 33.8 Å². The molecule has 1 rings (SSSR count). The number of rotatable bonds is 2. The highest BCUT2D eigenvalue weighted by molar-refractivity contribution is 7.89. The van der Waals surface area contributed by atoms with E-state index in [0.29, 0.717) is 25.3 Å². The predicted octanol–water partition coefficient (Wildman–Crippen LogP) is -0.880. The molecule has 0 aromatic heterocycles. The maximum absolute atomic E-state index is 10.9. The van der Waals surface area contributed by atoms with Crippen LogP contribution < -0.4 is 10.0 Å². The Morgan fingerprint density at radius 3 is 2.57 bits per heavy atom. The average Bonchev–Trinajstić information content (AvgIpc) is 2.02. The molecule has 0 amide bonds. The Morgan fingerprint density at radius 1 is 1.57 bits per heavy atom. The lowest BCUT2D eigenvalue weighted by atomic mass is 10.3. The average molecular weight is 220 g/mol. The molecule has 0 fully saturated rings. The van der Waals surface area contributed by atoms with Gasteiger partial charge in [-0.2, -0.15) is 0 Å². The van der Waals surface area contributed by atoms with Gasteiger partial charge in [0.15, 0.2) is 0 Å². The van der Waals surface area contributed by atoms with Crippen LogP contribution in [0, 0.1) is 0 Å². The molecule has 1 aliphatic rings. The van der Waals surface area contributed by atoms with E-state index in [1.165, 1.54) is 0 Å². The first kappa shape index (κ1) is 11.3.